The van der Waals surface area contributed by atoms with E-state index in [1.54, 1.807) is 0 Å². The van der Waals surface area contributed by atoms with Gasteiger partial charge in [-0.15, -0.1) is 0 Å². The Morgan fingerprint density at radius 3 is 1.72 bits per heavy atom. The van der Waals surface area contributed by atoms with Crippen LogP contribution in [-0.4, -0.2) is 37.4 Å². The highest BCUT2D eigenvalue weighted by Gasteiger charge is 2.76. The van der Waals surface area contributed by atoms with E-state index in [0.29, 0.717) is 0 Å². The first-order valence-electron chi connectivity index (χ1n) is 8.12. The topological polar surface area (TPSA) is 43.4 Å². The van der Waals surface area contributed by atoms with E-state index >= 15 is 0 Å². The van der Waals surface area contributed by atoms with E-state index in [9.17, 15) is 40.3 Å². The number of rotatable bonds is 5. The van der Waals surface area contributed by atoms with E-state index in [4.69, 9.17) is 4.43 Å². The maximum Gasteiger partial charge on any atom is 0.460 e. The Labute approximate surface area is 168 Å². The molecule has 0 aliphatic heterocycles. The fourth-order valence-corrected chi connectivity index (χ4v) is 3.21. The van der Waals surface area contributed by atoms with Crippen LogP contribution in [0.25, 0.3) is 0 Å². The van der Waals surface area contributed by atoms with Crippen LogP contribution < -0.4 is 0 Å². The molecule has 0 radical (unpaired) electrons. The minimum atomic E-state index is -6.59. The fourth-order valence-electron chi connectivity index (χ4n) is 1.58. The van der Waals surface area contributed by atoms with Crippen LogP contribution in [-0.2, 0) is 9.22 Å². The van der Waals surface area contributed by atoms with Gasteiger partial charge in [0.2, 0.25) is 0 Å². The minimum Gasteiger partial charge on any atom is -0.516 e. The van der Waals surface area contributed by atoms with Gasteiger partial charge in [0, 0.05) is 4.90 Å². The van der Waals surface area contributed by atoms with Gasteiger partial charge in [0.15, 0.2) is 0 Å². The lowest BCUT2D eigenvalue weighted by Gasteiger charge is -2.35. The Hall–Kier alpha value is -1.56. The third kappa shape index (κ3) is 5.33. The fraction of sp³-hybridized carbons (Fsp3) is 0.529. The first-order chi connectivity index (χ1) is 12.7. The van der Waals surface area contributed by atoms with Crippen molar-refractivity contribution in [2.75, 3.05) is 0 Å². The summed E-state index contributed by atoms with van der Waals surface area (Å²) in [6.07, 6.45) is -6.59. The molecule has 3 nitrogen and oxygen atoms in total. The predicted molar refractivity (Wildman–Crippen MR) is 95.9 cm³/mol. The third-order valence-electron chi connectivity index (χ3n) is 4.46. The lowest BCUT2D eigenvalue weighted by molar-refractivity contribution is -0.341. The highest BCUT2D eigenvalue weighted by molar-refractivity contribution is 8.13. The van der Waals surface area contributed by atoms with Crippen molar-refractivity contribution in [2.45, 2.75) is 61.8 Å². The summed E-state index contributed by atoms with van der Waals surface area (Å²) in [5, 5.41) is -2.95. The van der Waals surface area contributed by atoms with Crippen LogP contribution in [0.2, 0.25) is 18.1 Å². The zero-order chi connectivity index (χ0) is 23.1. The molecular formula is C17H19F7O3SSi. The van der Waals surface area contributed by atoms with Gasteiger partial charge in [0.25, 0.3) is 13.4 Å². The Morgan fingerprint density at radius 2 is 1.34 bits per heavy atom. The molecule has 0 fully saturated rings. The number of carbonyl (C=O) groups is 2. The average Bonchev–Trinajstić information content (AvgIpc) is 2.52. The van der Waals surface area contributed by atoms with Gasteiger partial charge < -0.3 is 4.43 Å². The lowest BCUT2D eigenvalue weighted by Crippen LogP contribution is -2.55. The summed E-state index contributed by atoms with van der Waals surface area (Å²) in [6, 6.07) is 4.16. The van der Waals surface area contributed by atoms with Gasteiger partial charge in [-0.3, -0.25) is 4.79 Å². The largest absolute Gasteiger partial charge is 0.516 e. The number of benzene rings is 1. The van der Waals surface area contributed by atoms with Crippen LogP contribution in [0, 0.1) is 0 Å². The second kappa shape index (κ2) is 7.93. The van der Waals surface area contributed by atoms with E-state index in [1.165, 1.54) is 0 Å². The Kier molecular flexibility index (Phi) is 6.97. The third-order valence-corrected chi connectivity index (χ3v) is 9.72. The monoisotopic (exact) mass is 464 g/mol. The zero-order valence-corrected chi connectivity index (χ0v) is 17.9. The molecule has 164 valence electrons. The van der Waals surface area contributed by atoms with Crippen LogP contribution in [0.15, 0.2) is 29.2 Å². The molecule has 0 amide bonds. The van der Waals surface area contributed by atoms with Gasteiger partial charge in [-0.25, -0.2) is 4.79 Å². The van der Waals surface area contributed by atoms with E-state index < -0.39 is 49.2 Å². The Balaban J connectivity index is 2.95. The van der Waals surface area contributed by atoms with E-state index in [0.717, 1.165) is 24.3 Å². The molecule has 1 aromatic carbocycles. The van der Waals surface area contributed by atoms with Gasteiger partial charge in [-0.2, -0.15) is 30.7 Å². The van der Waals surface area contributed by atoms with Gasteiger partial charge in [0.1, 0.15) is 0 Å². The predicted octanol–water partition coefficient (Wildman–Crippen LogP) is 6.30. The molecule has 0 N–H and O–H groups in total. The molecule has 29 heavy (non-hydrogen) atoms. The molecule has 1 aromatic rings. The molecule has 0 heterocycles. The maximum atomic E-state index is 13.4. The minimum absolute atomic E-state index is 0.0130. The zero-order valence-electron chi connectivity index (χ0n) is 16.1. The SMILES string of the molecule is CC(C)(C)[Si](C)(C)OC(=O)c1ccc(SC(=O)C(F)(F)C(F)(F)C(F)(F)F)cc1. The quantitative estimate of drug-likeness (QED) is 0.291. The summed E-state index contributed by atoms with van der Waals surface area (Å²) in [5.41, 5.74) is 0.0130. The Bertz CT molecular complexity index is 769. The first-order valence-corrected chi connectivity index (χ1v) is 11.8. The number of alkyl halides is 7. The molecule has 0 aliphatic rings. The summed E-state index contributed by atoms with van der Waals surface area (Å²) in [4.78, 5) is 23.3. The molecule has 0 aromatic heterocycles. The summed E-state index contributed by atoms with van der Waals surface area (Å²) in [5.74, 6) is -13.2. The van der Waals surface area contributed by atoms with Crippen molar-refractivity contribution in [2.24, 2.45) is 0 Å². The molecule has 0 spiro atoms. The van der Waals surface area contributed by atoms with Crippen molar-refractivity contribution in [3.63, 3.8) is 0 Å². The average molecular weight is 464 g/mol. The number of carbonyl (C=O) groups excluding carboxylic acids is 2. The summed E-state index contributed by atoms with van der Waals surface area (Å²) in [6.45, 7) is 9.33. The summed E-state index contributed by atoms with van der Waals surface area (Å²) in [7, 11) is -2.45. The van der Waals surface area contributed by atoms with Crippen molar-refractivity contribution in [1.82, 2.24) is 0 Å². The summed E-state index contributed by atoms with van der Waals surface area (Å²) >= 11 is -0.481. The molecule has 1 rings (SSSR count). The van der Waals surface area contributed by atoms with Crippen LogP contribution in [0.4, 0.5) is 30.7 Å². The van der Waals surface area contributed by atoms with Crippen LogP contribution >= 0.6 is 11.8 Å². The number of hydrogen-bond acceptors (Lipinski definition) is 4. The number of halogens is 7. The smallest absolute Gasteiger partial charge is 0.460 e. The van der Waals surface area contributed by atoms with Gasteiger partial charge >= 0.3 is 24.0 Å². The van der Waals surface area contributed by atoms with Crippen molar-refractivity contribution < 1.29 is 44.7 Å². The molecule has 12 heteroatoms. The second-order valence-corrected chi connectivity index (χ2v) is 13.5. The molecule has 0 saturated heterocycles. The van der Waals surface area contributed by atoms with Gasteiger partial charge in [0.05, 0.1) is 5.56 Å². The lowest BCUT2D eigenvalue weighted by atomic mass is 10.2. The second-order valence-electron chi connectivity index (χ2n) is 7.71. The van der Waals surface area contributed by atoms with E-state index in [-0.39, 0.29) is 15.5 Å². The van der Waals surface area contributed by atoms with Crippen LogP contribution in [0.1, 0.15) is 31.1 Å². The van der Waals surface area contributed by atoms with Gasteiger partial charge in [-0.05, 0) is 54.2 Å². The van der Waals surface area contributed by atoms with Gasteiger partial charge in [-0.1, -0.05) is 20.8 Å². The number of hydrogen-bond donors (Lipinski definition) is 0. The van der Waals surface area contributed by atoms with E-state index in [1.807, 2.05) is 33.9 Å². The molecule has 0 unspecified atom stereocenters. The maximum absolute atomic E-state index is 13.4. The first kappa shape index (κ1) is 25.5. The molecule has 0 saturated carbocycles. The standard InChI is InChI=1S/C17H19F7O3SSi/c1-14(2,3)29(4,5)27-12(25)10-6-8-11(9-7-10)28-13(26)15(18,19)16(20,21)17(22,23)24/h6-9H,1-5H3. The van der Waals surface area contributed by atoms with Crippen molar-refractivity contribution >= 4 is 31.2 Å². The van der Waals surface area contributed by atoms with E-state index in [2.05, 4.69) is 0 Å². The van der Waals surface area contributed by atoms with Crippen molar-refractivity contribution in [1.29, 1.82) is 0 Å². The molecule has 0 atom stereocenters. The summed E-state index contributed by atoms with van der Waals surface area (Å²) < 4.78 is 94.6. The van der Waals surface area contributed by atoms with Crippen molar-refractivity contribution in [3.05, 3.63) is 29.8 Å². The van der Waals surface area contributed by atoms with Crippen LogP contribution in [0.3, 0.4) is 0 Å². The Morgan fingerprint density at radius 1 is 0.897 bits per heavy atom. The highest BCUT2D eigenvalue weighted by Crippen LogP contribution is 2.49. The highest BCUT2D eigenvalue weighted by atomic mass is 32.2. The molecule has 0 aliphatic carbocycles. The number of thioether (sulfide) groups is 1. The normalized spacial score (nSPS) is 13.9. The molecular weight excluding hydrogens is 445 g/mol. The van der Waals surface area contributed by atoms with Crippen LogP contribution in [0.5, 0.6) is 0 Å². The van der Waals surface area contributed by atoms with Crippen molar-refractivity contribution in [3.8, 4) is 0 Å². The molecule has 0 bridgehead atoms.